The SMILES string of the molecule is CCOc1ccccc1N1C(=O)C(=O)N(Cc2csc(-c3ncccn3)n2)C1=O. The molecular weight excluding hydrogens is 394 g/mol. The van der Waals surface area contributed by atoms with E-state index in [0.29, 0.717) is 28.9 Å². The lowest BCUT2D eigenvalue weighted by Crippen LogP contribution is -2.33. The highest BCUT2D eigenvalue weighted by Crippen LogP contribution is 2.32. The van der Waals surface area contributed by atoms with Gasteiger partial charge in [0.1, 0.15) is 5.75 Å². The van der Waals surface area contributed by atoms with Crippen molar-refractivity contribution in [3.05, 3.63) is 53.8 Å². The van der Waals surface area contributed by atoms with E-state index in [9.17, 15) is 14.4 Å². The van der Waals surface area contributed by atoms with Gasteiger partial charge >= 0.3 is 17.8 Å². The summed E-state index contributed by atoms with van der Waals surface area (Å²) in [6.45, 7) is 2.02. The van der Waals surface area contributed by atoms with Crippen molar-refractivity contribution < 1.29 is 19.1 Å². The summed E-state index contributed by atoms with van der Waals surface area (Å²) in [5, 5.41) is 2.26. The minimum absolute atomic E-state index is 0.125. The maximum atomic E-state index is 12.9. The van der Waals surface area contributed by atoms with Crippen molar-refractivity contribution in [3.8, 4) is 16.6 Å². The first kappa shape index (κ1) is 18.7. The fourth-order valence-corrected chi connectivity index (χ4v) is 3.59. The third-order valence-corrected chi connectivity index (χ3v) is 4.98. The number of hydrogen-bond donors (Lipinski definition) is 0. The lowest BCUT2D eigenvalue weighted by atomic mass is 10.2. The summed E-state index contributed by atoms with van der Waals surface area (Å²) in [6.07, 6.45) is 3.20. The number of anilines is 1. The lowest BCUT2D eigenvalue weighted by molar-refractivity contribution is -0.139. The molecule has 0 bridgehead atoms. The Hall–Kier alpha value is -3.66. The number of rotatable bonds is 6. The number of hydrogen-bond acceptors (Lipinski definition) is 8. The molecule has 1 aliphatic rings. The number of carbonyl (C=O) groups is 3. The van der Waals surface area contributed by atoms with Gasteiger partial charge in [0.15, 0.2) is 10.8 Å². The summed E-state index contributed by atoms with van der Waals surface area (Å²) in [4.78, 5) is 52.2. The van der Waals surface area contributed by atoms with Crippen LogP contribution < -0.4 is 9.64 Å². The fraction of sp³-hybridized carbons (Fsp3) is 0.158. The molecule has 146 valence electrons. The molecule has 9 nitrogen and oxygen atoms in total. The molecule has 3 heterocycles. The smallest absolute Gasteiger partial charge is 0.339 e. The number of urea groups is 1. The zero-order chi connectivity index (χ0) is 20.4. The van der Waals surface area contributed by atoms with Crippen LogP contribution in [0.15, 0.2) is 48.1 Å². The molecule has 3 aromatic rings. The summed E-state index contributed by atoms with van der Waals surface area (Å²) in [5.74, 6) is -1.04. The van der Waals surface area contributed by atoms with Crippen molar-refractivity contribution in [1.29, 1.82) is 0 Å². The van der Waals surface area contributed by atoms with Crippen molar-refractivity contribution in [2.75, 3.05) is 11.5 Å². The van der Waals surface area contributed by atoms with Gasteiger partial charge in [-0.25, -0.2) is 29.5 Å². The average Bonchev–Trinajstić information content (AvgIpc) is 3.29. The lowest BCUT2D eigenvalue weighted by Gasteiger charge is -2.17. The van der Waals surface area contributed by atoms with E-state index in [1.165, 1.54) is 11.3 Å². The van der Waals surface area contributed by atoms with E-state index in [-0.39, 0.29) is 12.2 Å². The monoisotopic (exact) mass is 409 g/mol. The maximum Gasteiger partial charge on any atom is 0.339 e. The molecule has 1 fully saturated rings. The van der Waals surface area contributed by atoms with Gasteiger partial charge in [0.25, 0.3) is 0 Å². The van der Waals surface area contributed by atoms with Crippen LogP contribution in [0, 0.1) is 0 Å². The average molecular weight is 409 g/mol. The zero-order valence-corrected chi connectivity index (χ0v) is 16.1. The van der Waals surface area contributed by atoms with Crippen LogP contribution in [0.5, 0.6) is 5.75 Å². The van der Waals surface area contributed by atoms with Gasteiger partial charge in [0, 0.05) is 17.8 Å². The highest BCUT2D eigenvalue weighted by Gasteiger charge is 2.46. The number of thiazole rings is 1. The van der Waals surface area contributed by atoms with Crippen LogP contribution in [0.4, 0.5) is 10.5 Å². The number of aromatic nitrogens is 3. The van der Waals surface area contributed by atoms with Crippen LogP contribution in [0.2, 0.25) is 0 Å². The van der Waals surface area contributed by atoms with E-state index < -0.39 is 17.8 Å². The van der Waals surface area contributed by atoms with Crippen LogP contribution in [0.25, 0.3) is 10.8 Å². The second kappa shape index (κ2) is 7.76. The molecule has 0 N–H and O–H groups in total. The molecule has 0 radical (unpaired) electrons. The van der Waals surface area contributed by atoms with Crippen LogP contribution in [0.3, 0.4) is 0 Å². The number of ether oxygens (including phenoxy) is 1. The van der Waals surface area contributed by atoms with Crippen LogP contribution in [-0.2, 0) is 16.1 Å². The second-order valence-electron chi connectivity index (χ2n) is 5.93. The van der Waals surface area contributed by atoms with Crippen LogP contribution >= 0.6 is 11.3 Å². The predicted octanol–water partition coefficient (Wildman–Crippen LogP) is 2.49. The molecule has 0 aliphatic carbocycles. The van der Waals surface area contributed by atoms with Gasteiger partial charge in [-0.15, -0.1) is 11.3 Å². The first-order valence-corrected chi connectivity index (χ1v) is 9.61. The minimum Gasteiger partial charge on any atom is -0.492 e. The van der Waals surface area contributed by atoms with Crippen molar-refractivity contribution in [1.82, 2.24) is 19.9 Å². The highest BCUT2D eigenvalue weighted by molar-refractivity contribution is 7.13. The number of amides is 4. The Morgan fingerprint density at radius 3 is 2.55 bits per heavy atom. The standard InChI is InChI=1S/C19H15N5O4S/c1-2-28-14-7-4-3-6-13(14)24-18(26)17(25)23(19(24)27)10-12-11-29-16(22-12)15-20-8-5-9-21-15/h3-9,11H,2,10H2,1H3. The van der Waals surface area contributed by atoms with Crippen LogP contribution in [0.1, 0.15) is 12.6 Å². The molecule has 10 heteroatoms. The Kier molecular flexibility index (Phi) is 5.00. The Bertz CT molecular complexity index is 1080. The molecule has 4 amide bonds. The minimum atomic E-state index is -0.927. The number of para-hydroxylation sites is 2. The van der Waals surface area contributed by atoms with Crippen molar-refractivity contribution in [3.63, 3.8) is 0 Å². The molecular formula is C19H15N5O4S. The molecule has 0 spiro atoms. The Morgan fingerprint density at radius 2 is 1.79 bits per heavy atom. The summed E-state index contributed by atoms with van der Waals surface area (Å²) in [5.41, 5.74) is 0.698. The molecule has 1 aromatic carbocycles. The highest BCUT2D eigenvalue weighted by atomic mass is 32.1. The Balaban J connectivity index is 1.59. The first-order chi connectivity index (χ1) is 14.1. The number of benzene rings is 1. The molecule has 4 rings (SSSR count). The third kappa shape index (κ3) is 3.45. The van der Waals surface area contributed by atoms with Crippen LogP contribution in [-0.4, -0.2) is 44.3 Å². The summed E-state index contributed by atoms with van der Waals surface area (Å²) < 4.78 is 5.49. The van der Waals surface area contributed by atoms with Gasteiger partial charge in [-0.05, 0) is 25.1 Å². The first-order valence-electron chi connectivity index (χ1n) is 8.73. The van der Waals surface area contributed by atoms with E-state index in [4.69, 9.17) is 4.74 Å². The normalized spacial score (nSPS) is 14.0. The molecule has 2 aromatic heterocycles. The fourth-order valence-electron chi connectivity index (χ4n) is 2.83. The second-order valence-corrected chi connectivity index (χ2v) is 6.79. The predicted molar refractivity (Wildman–Crippen MR) is 104 cm³/mol. The molecule has 0 unspecified atom stereocenters. The molecule has 1 aliphatic heterocycles. The van der Waals surface area contributed by atoms with Gasteiger partial charge < -0.3 is 4.74 Å². The van der Waals surface area contributed by atoms with Crippen molar-refractivity contribution in [2.24, 2.45) is 0 Å². The quantitative estimate of drug-likeness (QED) is 0.455. The molecule has 0 atom stereocenters. The van der Waals surface area contributed by atoms with E-state index >= 15 is 0 Å². The summed E-state index contributed by atoms with van der Waals surface area (Å²) in [7, 11) is 0. The third-order valence-electron chi connectivity index (χ3n) is 4.09. The van der Waals surface area contributed by atoms with Gasteiger partial charge in [0.2, 0.25) is 0 Å². The number of nitrogens with zero attached hydrogens (tertiary/aromatic N) is 5. The van der Waals surface area contributed by atoms with Gasteiger partial charge in [0.05, 0.1) is 24.5 Å². The van der Waals surface area contributed by atoms with Crippen molar-refractivity contribution >= 4 is 34.9 Å². The number of imide groups is 2. The number of carbonyl (C=O) groups excluding carboxylic acids is 3. The van der Waals surface area contributed by atoms with Gasteiger partial charge in [-0.3, -0.25) is 9.59 Å². The van der Waals surface area contributed by atoms with E-state index in [1.54, 1.807) is 55.0 Å². The Morgan fingerprint density at radius 1 is 1.03 bits per heavy atom. The van der Waals surface area contributed by atoms with E-state index in [0.717, 1.165) is 9.80 Å². The molecule has 1 saturated heterocycles. The maximum absolute atomic E-state index is 12.9. The van der Waals surface area contributed by atoms with E-state index in [1.807, 2.05) is 0 Å². The van der Waals surface area contributed by atoms with Crippen molar-refractivity contribution in [2.45, 2.75) is 13.5 Å². The molecule has 29 heavy (non-hydrogen) atoms. The van der Waals surface area contributed by atoms with E-state index in [2.05, 4.69) is 15.0 Å². The summed E-state index contributed by atoms with van der Waals surface area (Å²) >= 11 is 1.29. The molecule has 0 saturated carbocycles. The summed E-state index contributed by atoms with van der Waals surface area (Å²) in [6, 6.07) is 7.54. The zero-order valence-electron chi connectivity index (χ0n) is 15.3. The van der Waals surface area contributed by atoms with Gasteiger partial charge in [-0.1, -0.05) is 12.1 Å². The van der Waals surface area contributed by atoms with Gasteiger partial charge in [-0.2, -0.15) is 0 Å². The Labute approximate surface area is 169 Å². The topological polar surface area (TPSA) is 106 Å². The largest absolute Gasteiger partial charge is 0.492 e.